The normalized spacial score (nSPS) is 19.3. The molecule has 0 aliphatic carbocycles. The molecule has 0 bridgehead atoms. The molecule has 1 aromatic heterocycles. The number of carbonyl (C=O) groups is 1. The molecule has 1 atom stereocenters. The highest BCUT2D eigenvalue weighted by atomic mass is 16.3. The maximum absolute atomic E-state index is 12.5. The number of aromatic nitrogens is 1. The van der Waals surface area contributed by atoms with Crippen molar-refractivity contribution in [1.82, 2.24) is 14.8 Å². The van der Waals surface area contributed by atoms with Gasteiger partial charge in [0.25, 0.3) is 0 Å². The Labute approximate surface area is 214 Å². The monoisotopic (exact) mass is 485 g/mol. The first-order valence-electron chi connectivity index (χ1n) is 13.5. The van der Waals surface area contributed by atoms with Crippen LogP contribution in [0.15, 0.2) is 67.0 Å². The molecule has 0 spiro atoms. The van der Waals surface area contributed by atoms with Crippen LogP contribution in [0.5, 0.6) is 0 Å². The summed E-state index contributed by atoms with van der Waals surface area (Å²) in [6.45, 7) is 6.31. The maximum Gasteiger partial charge on any atom is 0.187 e. The fraction of sp³-hybridized carbons (Fsp3) is 0.452. The van der Waals surface area contributed by atoms with Crippen molar-refractivity contribution >= 4 is 16.7 Å². The predicted molar refractivity (Wildman–Crippen MR) is 146 cm³/mol. The highest BCUT2D eigenvalue weighted by Crippen LogP contribution is 2.34. The van der Waals surface area contributed by atoms with E-state index in [9.17, 15) is 9.90 Å². The number of carbonyl (C=O) groups excluding carboxylic acids is 1. The third-order valence-electron chi connectivity index (χ3n) is 8.31. The Morgan fingerprint density at radius 3 is 2.58 bits per heavy atom. The van der Waals surface area contributed by atoms with Crippen LogP contribution < -0.4 is 0 Å². The summed E-state index contributed by atoms with van der Waals surface area (Å²) in [5.41, 5.74) is 4.53. The second-order valence-electron chi connectivity index (χ2n) is 10.7. The molecule has 0 amide bonds. The van der Waals surface area contributed by atoms with Crippen LogP contribution in [0.1, 0.15) is 59.5 Å². The summed E-state index contributed by atoms with van der Waals surface area (Å²) < 4.78 is 0. The highest BCUT2D eigenvalue weighted by molar-refractivity contribution is 6.04. The van der Waals surface area contributed by atoms with Gasteiger partial charge in [0.1, 0.15) is 0 Å². The van der Waals surface area contributed by atoms with Crippen LogP contribution in [0.3, 0.4) is 0 Å². The van der Waals surface area contributed by atoms with Crippen LogP contribution in [0.25, 0.3) is 10.9 Å². The quantitative estimate of drug-likeness (QED) is 0.326. The number of ketones is 1. The number of aromatic amines is 1. The summed E-state index contributed by atoms with van der Waals surface area (Å²) >= 11 is 0. The van der Waals surface area contributed by atoms with Crippen LogP contribution in [0, 0.1) is 12.8 Å². The first kappa shape index (κ1) is 24.8. The lowest BCUT2D eigenvalue weighted by Gasteiger charge is -2.39. The zero-order chi connectivity index (χ0) is 24.9. The molecule has 0 radical (unpaired) electrons. The molecule has 2 aliphatic heterocycles. The Morgan fingerprint density at radius 1 is 1.06 bits per heavy atom. The van der Waals surface area contributed by atoms with Crippen LogP contribution in [0.4, 0.5) is 0 Å². The van der Waals surface area contributed by atoms with Gasteiger partial charge in [-0.15, -0.1) is 0 Å². The van der Waals surface area contributed by atoms with Gasteiger partial charge in [-0.1, -0.05) is 42.0 Å². The van der Waals surface area contributed by atoms with Crippen molar-refractivity contribution in [3.8, 4) is 0 Å². The van der Waals surface area contributed by atoms with E-state index in [0.29, 0.717) is 11.8 Å². The Kier molecular flexibility index (Phi) is 7.88. The van der Waals surface area contributed by atoms with E-state index in [1.165, 1.54) is 16.5 Å². The Hall–Kier alpha value is -2.89. The molecule has 2 N–H and O–H groups in total. The van der Waals surface area contributed by atoms with Gasteiger partial charge in [-0.05, 0) is 81.6 Å². The van der Waals surface area contributed by atoms with E-state index in [0.717, 1.165) is 69.4 Å². The number of aliphatic hydroxyl groups is 1. The largest absolute Gasteiger partial charge is 0.395 e. The summed E-state index contributed by atoms with van der Waals surface area (Å²) in [4.78, 5) is 20.7. The molecule has 1 unspecified atom stereocenters. The molecule has 3 heterocycles. The van der Waals surface area contributed by atoms with E-state index in [1.54, 1.807) is 6.08 Å². The highest BCUT2D eigenvalue weighted by Gasteiger charge is 2.29. The molecule has 190 valence electrons. The number of fused-ring (bicyclic) bond motifs is 1. The number of rotatable bonds is 8. The average molecular weight is 486 g/mol. The number of H-pyrrole nitrogens is 1. The zero-order valence-electron chi connectivity index (χ0n) is 21.4. The molecule has 36 heavy (non-hydrogen) atoms. The van der Waals surface area contributed by atoms with Crippen molar-refractivity contribution in [3.63, 3.8) is 0 Å². The van der Waals surface area contributed by atoms with Gasteiger partial charge >= 0.3 is 0 Å². The van der Waals surface area contributed by atoms with E-state index >= 15 is 0 Å². The average Bonchev–Trinajstić information content (AvgIpc) is 3.35. The summed E-state index contributed by atoms with van der Waals surface area (Å²) in [5, 5.41) is 11.6. The van der Waals surface area contributed by atoms with Gasteiger partial charge in [0, 0.05) is 54.1 Å². The molecule has 2 aromatic carbocycles. The number of aryl methyl sites for hydroxylation is 1. The van der Waals surface area contributed by atoms with Gasteiger partial charge in [0.2, 0.25) is 0 Å². The molecule has 2 saturated heterocycles. The Balaban J connectivity index is 1.09. The number of allylic oxidation sites excluding steroid dienone is 1. The van der Waals surface area contributed by atoms with Crippen LogP contribution in [-0.2, 0) is 0 Å². The summed E-state index contributed by atoms with van der Waals surface area (Å²) in [6, 6.07) is 16.6. The number of hydrogen-bond acceptors (Lipinski definition) is 4. The van der Waals surface area contributed by atoms with Gasteiger partial charge < -0.3 is 15.0 Å². The summed E-state index contributed by atoms with van der Waals surface area (Å²) in [5.74, 6) is 1.29. The van der Waals surface area contributed by atoms with Crippen LogP contribution in [-0.4, -0.2) is 64.5 Å². The van der Waals surface area contributed by atoms with Crippen molar-refractivity contribution in [1.29, 1.82) is 0 Å². The zero-order valence-corrected chi connectivity index (χ0v) is 21.4. The Morgan fingerprint density at radius 2 is 1.83 bits per heavy atom. The van der Waals surface area contributed by atoms with Crippen LogP contribution >= 0.6 is 0 Å². The van der Waals surface area contributed by atoms with Crippen LogP contribution in [0.2, 0.25) is 0 Å². The number of likely N-dealkylation sites (tertiary alicyclic amines) is 2. The second kappa shape index (κ2) is 11.4. The predicted octanol–water partition coefficient (Wildman–Crippen LogP) is 5.52. The molecule has 5 heteroatoms. The number of benzene rings is 2. The first-order valence-corrected chi connectivity index (χ1v) is 13.5. The van der Waals surface area contributed by atoms with Crippen molar-refractivity contribution in [2.24, 2.45) is 5.92 Å². The SMILES string of the molecule is Cc1cccc(C(=O)C=CN2CCC(CC(CO)N3CCC(c4c[nH]c5ccccc45)CC3)CC2)c1. The molecular formula is C31H39N3O2. The second-order valence-corrected chi connectivity index (χ2v) is 10.7. The minimum Gasteiger partial charge on any atom is -0.395 e. The fourth-order valence-electron chi connectivity index (χ4n) is 6.14. The number of nitrogens with zero attached hydrogens (tertiary/aromatic N) is 2. The van der Waals surface area contributed by atoms with E-state index in [2.05, 4.69) is 45.2 Å². The van der Waals surface area contributed by atoms with Gasteiger partial charge in [-0.25, -0.2) is 0 Å². The maximum atomic E-state index is 12.5. The third-order valence-corrected chi connectivity index (χ3v) is 8.31. The van der Waals surface area contributed by atoms with Crippen molar-refractivity contribution in [2.75, 3.05) is 32.8 Å². The number of nitrogens with one attached hydrogen (secondary N) is 1. The van der Waals surface area contributed by atoms with E-state index < -0.39 is 0 Å². The van der Waals surface area contributed by atoms with Gasteiger partial charge in [-0.3, -0.25) is 9.69 Å². The molecular weight excluding hydrogens is 446 g/mol. The smallest absolute Gasteiger partial charge is 0.187 e. The number of para-hydroxylation sites is 1. The fourth-order valence-corrected chi connectivity index (χ4v) is 6.14. The van der Waals surface area contributed by atoms with E-state index in [4.69, 9.17) is 0 Å². The summed E-state index contributed by atoms with van der Waals surface area (Å²) in [7, 11) is 0. The van der Waals surface area contributed by atoms with E-state index in [1.807, 2.05) is 37.4 Å². The molecule has 2 fully saturated rings. The number of piperidine rings is 2. The Bertz CT molecular complexity index is 1180. The lowest BCUT2D eigenvalue weighted by atomic mass is 9.86. The molecule has 5 nitrogen and oxygen atoms in total. The van der Waals surface area contributed by atoms with Gasteiger partial charge in [-0.2, -0.15) is 0 Å². The molecule has 0 saturated carbocycles. The number of hydrogen-bond donors (Lipinski definition) is 2. The van der Waals surface area contributed by atoms with Crippen molar-refractivity contribution < 1.29 is 9.90 Å². The topological polar surface area (TPSA) is 59.6 Å². The minimum atomic E-state index is 0.0669. The summed E-state index contributed by atoms with van der Waals surface area (Å²) in [6.07, 6.45) is 11.5. The number of aliphatic hydroxyl groups excluding tert-OH is 1. The first-order chi connectivity index (χ1) is 17.6. The van der Waals surface area contributed by atoms with Gasteiger partial charge in [0.15, 0.2) is 5.78 Å². The standard InChI is InChI=1S/C31H39N3O2/c1-23-5-4-6-26(19-23)31(36)13-16-33-14-9-24(10-15-33)20-27(22-35)34-17-11-25(12-18-34)29-21-32-30-8-3-2-7-28(29)30/h2-8,13,16,19,21,24-25,27,32,35H,9-12,14-15,17-18,20,22H2,1H3. The molecule has 3 aromatic rings. The lowest BCUT2D eigenvalue weighted by Crippen LogP contribution is -2.44. The molecule has 2 aliphatic rings. The van der Waals surface area contributed by atoms with Crippen molar-refractivity contribution in [3.05, 3.63) is 83.7 Å². The van der Waals surface area contributed by atoms with Gasteiger partial charge in [0.05, 0.1) is 6.61 Å². The van der Waals surface area contributed by atoms with Crippen molar-refractivity contribution in [2.45, 2.75) is 51.0 Å². The third kappa shape index (κ3) is 5.74. The minimum absolute atomic E-state index is 0.0669. The van der Waals surface area contributed by atoms with E-state index in [-0.39, 0.29) is 18.4 Å². The lowest BCUT2D eigenvalue weighted by molar-refractivity contribution is 0.0724. The molecule has 5 rings (SSSR count).